The van der Waals surface area contributed by atoms with Crippen LogP contribution in [0, 0.1) is 10.1 Å². The average Bonchev–Trinajstić information content (AvgIpc) is 2.84. The molecule has 4 aromatic rings. The highest BCUT2D eigenvalue weighted by molar-refractivity contribution is 5.71. The number of benzene rings is 3. The van der Waals surface area contributed by atoms with Crippen molar-refractivity contribution in [1.82, 2.24) is 9.97 Å². The molecule has 0 bridgehead atoms. The van der Waals surface area contributed by atoms with E-state index in [0.717, 1.165) is 16.9 Å². The SMILES string of the molecule is CC(C)c1ccc(Oc2ncnc(NN(c3ccccc3)c3ccccc3)c2[N+](=O)[O-])cc1. The van der Waals surface area contributed by atoms with Gasteiger partial charge in [0.15, 0.2) is 0 Å². The molecule has 0 aliphatic carbocycles. The molecule has 0 unspecified atom stereocenters. The molecule has 166 valence electrons. The molecule has 0 radical (unpaired) electrons. The van der Waals surface area contributed by atoms with Crippen molar-refractivity contribution in [1.29, 1.82) is 0 Å². The van der Waals surface area contributed by atoms with Gasteiger partial charge in [-0.1, -0.05) is 62.4 Å². The zero-order chi connectivity index (χ0) is 23.2. The molecule has 1 heterocycles. The van der Waals surface area contributed by atoms with E-state index in [4.69, 9.17) is 4.74 Å². The van der Waals surface area contributed by atoms with Gasteiger partial charge in [0.2, 0.25) is 5.82 Å². The van der Waals surface area contributed by atoms with Crippen molar-refractivity contribution in [2.45, 2.75) is 19.8 Å². The summed E-state index contributed by atoms with van der Waals surface area (Å²) in [6.45, 7) is 4.18. The maximum Gasteiger partial charge on any atom is 0.374 e. The lowest BCUT2D eigenvalue weighted by Gasteiger charge is -2.25. The average molecular weight is 441 g/mol. The van der Waals surface area contributed by atoms with Gasteiger partial charge in [0.25, 0.3) is 0 Å². The fourth-order valence-electron chi connectivity index (χ4n) is 3.25. The summed E-state index contributed by atoms with van der Waals surface area (Å²) in [6.07, 6.45) is 1.24. The number of rotatable bonds is 8. The van der Waals surface area contributed by atoms with Gasteiger partial charge in [-0.3, -0.25) is 20.5 Å². The van der Waals surface area contributed by atoms with Gasteiger partial charge >= 0.3 is 11.6 Å². The van der Waals surface area contributed by atoms with E-state index in [-0.39, 0.29) is 17.4 Å². The molecular formula is C25H23N5O3. The fraction of sp³-hybridized carbons (Fsp3) is 0.120. The van der Waals surface area contributed by atoms with E-state index in [1.165, 1.54) is 6.33 Å². The maximum atomic E-state index is 12.0. The largest absolute Gasteiger partial charge is 0.434 e. The molecular weight excluding hydrogens is 418 g/mol. The van der Waals surface area contributed by atoms with Crippen LogP contribution in [-0.2, 0) is 0 Å². The Morgan fingerprint density at radius 1 is 0.879 bits per heavy atom. The summed E-state index contributed by atoms with van der Waals surface area (Å²) in [6, 6.07) is 26.3. The van der Waals surface area contributed by atoms with Crippen LogP contribution >= 0.6 is 0 Å². The van der Waals surface area contributed by atoms with Gasteiger partial charge in [0.05, 0.1) is 16.3 Å². The predicted octanol–water partition coefficient (Wildman–Crippen LogP) is 6.47. The van der Waals surface area contributed by atoms with E-state index in [1.807, 2.05) is 72.8 Å². The Morgan fingerprint density at radius 2 is 1.45 bits per heavy atom. The summed E-state index contributed by atoms with van der Waals surface area (Å²) in [7, 11) is 0. The zero-order valence-corrected chi connectivity index (χ0v) is 18.3. The number of aromatic nitrogens is 2. The first-order chi connectivity index (χ1) is 16.0. The summed E-state index contributed by atoms with van der Waals surface area (Å²) >= 11 is 0. The molecule has 0 amide bonds. The van der Waals surface area contributed by atoms with Gasteiger partial charge in [-0.05, 0) is 47.9 Å². The maximum absolute atomic E-state index is 12.0. The van der Waals surface area contributed by atoms with Crippen LogP contribution in [0.3, 0.4) is 0 Å². The van der Waals surface area contributed by atoms with Gasteiger partial charge in [-0.15, -0.1) is 0 Å². The molecule has 1 N–H and O–H groups in total. The summed E-state index contributed by atoms with van der Waals surface area (Å²) in [5.41, 5.74) is 5.42. The minimum Gasteiger partial charge on any atom is -0.434 e. The Bertz CT molecular complexity index is 1180. The minimum absolute atomic E-state index is 0.0107. The van der Waals surface area contributed by atoms with Crippen molar-refractivity contribution in [2.75, 3.05) is 10.4 Å². The number of nitrogens with one attached hydrogen (secondary N) is 1. The molecule has 4 rings (SSSR count). The standard InChI is InChI=1S/C25H23N5O3/c1-18(2)19-13-15-22(16-14-19)33-25-23(30(31)32)24(26-17-27-25)28-29(20-9-5-3-6-10-20)21-11-7-4-8-12-21/h3-18H,1-2H3,(H,26,27,28). The molecule has 0 aliphatic heterocycles. The molecule has 0 saturated carbocycles. The van der Waals surface area contributed by atoms with Gasteiger partial charge < -0.3 is 4.74 Å². The van der Waals surface area contributed by atoms with Crippen molar-refractivity contribution in [3.8, 4) is 11.6 Å². The molecule has 8 nitrogen and oxygen atoms in total. The van der Waals surface area contributed by atoms with Crippen LogP contribution in [-0.4, -0.2) is 14.9 Å². The second-order valence-corrected chi connectivity index (χ2v) is 7.58. The second-order valence-electron chi connectivity index (χ2n) is 7.58. The Kier molecular flexibility index (Phi) is 6.45. The van der Waals surface area contributed by atoms with Gasteiger partial charge in [0, 0.05) is 0 Å². The van der Waals surface area contributed by atoms with Crippen molar-refractivity contribution >= 4 is 22.9 Å². The van der Waals surface area contributed by atoms with Crippen LogP contribution in [0.1, 0.15) is 25.3 Å². The molecule has 0 saturated heterocycles. The normalized spacial score (nSPS) is 10.6. The Hall–Kier alpha value is -4.46. The number of hydrogen-bond donors (Lipinski definition) is 1. The molecule has 1 aromatic heterocycles. The van der Waals surface area contributed by atoms with Crippen molar-refractivity contribution in [3.05, 3.63) is 107 Å². The minimum atomic E-state index is -0.547. The van der Waals surface area contributed by atoms with Crippen LogP contribution in [0.4, 0.5) is 22.9 Å². The topological polar surface area (TPSA) is 93.4 Å². The first-order valence-electron chi connectivity index (χ1n) is 10.5. The highest BCUT2D eigenvalue weighted by atomic mass is 16.6. The fourth-order valence-corrected chi connectivity index (χ4v) is 3.25. The number of nitro groups is 1. The Balaban J connectivity index is 1.70. The van der Waals surface area contributed by atoms with Crippen molar-refractivity contribution in [2.24, 2.45) is 0 Å². The van der Waals surface area contributed by atoms with Crippen molar-refractivity contribution in [3.63, 3.8) is 0 Å². The van der Waals surface area contributed by atoms with Crippen LogP contribution in [0.5, 0.6) is 11.6 Å². The number of nitrogens with zero attached hydrogens (tertiary/aromatic N) is 4. The number of ether oxygens (including phenoxy) is 1. The Labute approximate surface area is 191 Å². The van der Waals surface area contributed by atoms with Crippen molar-refractivity contribution < 1.29 is 9.66 Å². The molecule has 0 fully saturated rings. The highest BCUT2D eigenvalue weighted by Gasteiger charge is 2.27. The zero-order valence-electron chi connectivity index (χ0n) is 18.3. The number of hydrazine groups is 1. The van der Waals surface area contributed by atoms with Crippen LogP contribution in [0.15, 0.2) is 91.3 Å². The van der Waals surface area contributed by atoms with Gasteiger partial charge in [-0.2, -0.15) is 4.98 Å². The van der Waals surface area contributed by atoms with E-state index in [0.29, 0.717) is 11.7 Å². The van der Waals surface area contributed by atoms with E-state index < -0.39 is 4.92 Å². The summed E-state index contributed by atoms with van der Waals surface area (Å²) in [5.74, 6) is 0.688. The smallest absolute Gasteiger partial charge is 0.374 e. The number of para-hydroxylation sites is 2. The lowest BCUT2D eigenvalue weighted by molar-refractivity contribution is -0.385. The van der Waals surface area contributed by atoms with E-state index in [2.05, 4.69) is 29.2 Å². The quantitative estimate of drug-likeness (QED) is 0.247. The summed E-state index contributed by atoms with van der Waals surface area (Å²) < 4.78 is 5.79. The third kappa shape index (κ3) is 5.07. The second kappa shape index (κ2) is 9.78. The van der Waals surface area contributed by atoms with Crippen LogP contribution in [0.2, 0.25) is 0 Å². The highest BCUT2D eigenvalue weighted by Crippen LogP contribution is 2.36. The summed E-state index contributed by atoms with van der Waals surface area (Å²) in [4.78, 5) is 19.6. The third-order valence-corrected chi connectivity index (χ3v) is 4.98. The van der Waals surface area contributed by atoms with Gasteiger partial charge in [0.1, 0.15) is 12.1 Å². The van der Waals surface area contributed by atoms with E-state index in [9.17, 15) is 10.1 Å². The molecule has 0 atom stereocenters. The lowest BCUT2D eigenvalue weighted by atomic mass is 10.0. The first kappa shape index (κ1) is 21.8. The number of anilines is 3. The molecule has 3 aromatic carbocycles. The van der Waals surface area contributed by atoms with E-state index >= 15 is 0 Å². The van der Waals surface area contributed by atoms with Gasteiger partial charge in [-0.25, -0.2) is 4.98 Å². The first-order valence-corrected chi connectivity index (χ1v) is 10.5. The third-order valence-electron chi connectivity index (χ3n) is 4.98. The lowest BCUT2D eigenvalue weighted by Crippen LogP contribution is -2.25. The van der Waals surface area contributed by atoms with E-state index in [1.54, 1.807) is 17.1 Å². The predicted molar refractivity (Wildman–Crippen MR) is 128 cm³/mol. The monoisotopic (exact) mass is 441 g/mol. The van der Waals surface area contributed by atoms with Crippen LogP contribution < -0.4 is 15.2 Å². The molecule has 8 heteroatoms. The Morgan fingerprint density at radius 3 is 1.97 bits per heavy atom. The molecule has 33 heavy (non-hydrogen) atoms. The molecule has 0 spiro atoms. The van der Waals surface area contributed by atoms with Crippen LogP contribution in [0.25, 0.3) is 0 Å². The summed E-state index contributed by atoms with van der Waals surface area (Å²) in [5, 5.41) is 13.7. The molecule has 0 aliphatic rings. The number of hydrogen-bond acceptors (Lipinski definition) is 7.